The summed E-state index contributed by atoms with van der Waals surface area (Å²) in [5, 5.41) is 12.6. The Morgan fingerprint density at radius 2 is 2.15 bits per heavy atom. The van der Waals surface area contributed by atoms with Crippen molar-refractivity contribution in [3.8, 4) is 5.75 Å². The Bertz CT molecular complexity index is 473. The van der Waals surface area contributed by atoms with Crippen LogP contribution in [0, 0.1) is 5.92 Å². The number of carbonyl (C=O) groups excluding carboxylic acids is 1. The van der Waals surface area contributed by atoms with Crippen LogP contribution >= 0.6 is 11.6 Å². The van der Waals surface area contributed by atoms with E-state index in [-0.39, 0.29) is 11.7 Å². The van der Waals surface area contributed by atoms with E-state index < -0.39 is 0 Å². The molecule has 1 heterocycles. The van der Waals surface area contributed by atoms with E-state index in [1.165, 1.54) is 31.0 Å². The number of halogens is 1. The maximum absolute atomic E-state index is 12.0. The van der Waals surface area contributed by atoms with Crippen LogP contribution in [0.15, 0.2) is 18.2 Å². The summed E-state index contributed by atoms with van der Waals surface area (Å²) in [7, 11) is 0. The standard InChI is InChI=1S/C15H21ClN2O2/c1-11(10-18-6-2-3-7-18)9-17-15(20)13-8-12(19)4-5-14(13)16/h4-5,8,11,19H,2-3,6-7,9-10H2,1H3,(H,17,20). The van der Waals surface area contributed by atoms with Gasteiger partial charge < -0.3 is 15.3 Å². The van der Waals surface area contributed by atoms with Crippen molar-refractivity contribution in [1.29, 1.82) is 0 Å². The molecular weight excluding hydrogens is 276 g/mol. The van der Waals surface area contributed by atoms with E-state index in [1.54, 1.807) is 0 Å². The van der Waals surface area contributed by atoms with Crippen molar-refractivity contribution >= 4 is 17.5 Å². The average Bonchev–Trinajstić information content (AvgIpc) is 2.91. The van der Waals surface area contributed by atoms with Gasteiger partial charge in [0.15, 0.2) is 0 Å². The number of carbonyl (C=O) groups is 1. The molecule has 2 rings (SSSR count). The Morgan fingerprint density at radius 3 is 2.85 bits per heavy atom. The molecule has 20 heavy (non-hydrogen) atoms. The zero-order chi connectivity index (χ0) is 14.5. The van der Waals surface area contributed by atoms with E-state index >= 15 is 0 Å². The number of aromatic hydroxyl groups is 1. The van der Waals surface area contributed by atoms with Crippen LogP contribution in [0.3, 0.4) is 0 Å². The molecule has 1 saturated heterocycles. The zero-order valence-electron chi connectivity index (χ0n) is 11.7. The molecule has 0 radical (unpaired) electrons. The molecule has 5 heteroatoms. The topological polar surface area (TPSA) is 52.6 Å². The highest BCUT2D eigenvalue weighted by molar-refractivity contribution is 6.33. The number of phenols is 1. The minimum absolute atomic E-state index is 0.0460. The van der Waals surface area contributed by atoms with Gasteiger partial charge in [0.05, 0.1) is 10.6 Å². The van der Waals surface area contributed by atoms with Crippen LogP contribution in [-0.4, -0.2) is 42.1 Å². The van der Waals surface area contributed by atoms with E-state index in [2.05, 4.69) is 17.1 Å². The number of phenolic OH excluding ortho intramolecular Hbond substituents is 1. The summed E-state index contributed by atoms with van der Waals surface area (Å²) in [5.41, 5.74) is 0.319. The maximum Gasteiger partial charge on any atom is 0.252 e. The van der Waals surface area contributed by atoms with Crippen LogP contribution in [-0.2, 0) is 0 Å². The first kappa shape index (κ1) is 15.1. The van der Waals surface area contributed by atoms with Crippen LogP contribution in [0.5, 0.6) is 5.75 Å². The molecular formula is C15H21ClN2O2. The first-order valence-corrected chi connectivity index (χ1v) is 7.43. The molecule has 2 N–H and O–H groups in total. The number of amides is 1. The van der Waals surface area contributed by atoms with Gasteiger partial charge >= 0.3 is 0 Å². The number of hydrogen-bond acceptors (Lipinski definition) is 3. The smallest absolute Gasteiger partial charge is 0.252 e. The molecule has 1 aliphatic rings. The molecule has 0 aromatic heterocycles. The van der Waals surface area contributed by atoms with Crippen molar-refractivity contribution in [2.75, 3.05) is 26.2 Å². The first-order chi connectivity index (χ1) is 9.56. The molecule has 110 valence electrons. The monoisotopic (exact) mass is 296 g/mol. The number of rotatable bonds is 5. The lowest BCUT2D eigenvalue weighted by Gasteiger charge is -2.20. The second kappa shape index (κ2) is 6.95. The van der Waals surface area contributed by atoms with Crippen molar-refractivity contribution in [3.05, 3.63) is 28.8 Å². The third-order valence-corrected chi connectivity index (χ3v) is 3.90. The van der Waals surface area contributed by atoms with E-state index in [0.717, 1.165) is 19.6 Å². The molecule has 1 aromatic carbocycles. The van der Waals surface area contributed by atoms with Crippen LogP contribution < -0.4 is 5.32 Å². The van der Waals surface area contributed by atoms with Gasteiger partial charge in [0, 0.05) is 13.1 Å². The Balaban J connectivity index is 1.83. The molecule has 0 bridgehead atoms. The molecule has 1 amide bonds. The Kier molecular flexibility index (Phi) is 5.26. The van der Waals surface area contributed by atoms with Gasteiger partial charge in [0.25, 0.3) is 5.91 Å². The van der Waals surface area contributed by atoms with Gasteiger partial charge in [-0.15, -0.1) is 0 Å². The van der Waals surface area contributed by atoms with Gasteiger partial charge in [0.1, 0.15) is 5.75 Å². The lowest BCUT2D eigenvalue weighted by molar-refractivity contribution is 0.0945. The van der Waals surface area contributed by atoms with Crippen molar-refractivity contribution < 1.29 is 9.90 Å². The third kappa shape index (κ3) is 4.12. The molecule has 4 nitrogen and oxygen atoms in total. The summed E-state index contributed by atoms with van der Waals surface area (Å²) in [6.07, 6.45) is 2.55. The molecule has 1 unspecified atom stereocenters. The van der Waals surface area contributed by atoms with E-state index in [4.69, 9.17) is 11.6 Å². The fraction of sp³-hybridized carbons (Fsp3) is 0.533. The van der Waals surface area contributed by atoms with Gasteiger partial charge in [-0.3, -0.25) is 4.79 Å². The highest BCUT2D eigenvalue weighted by Gasteiger charge is 2.16. The van der Waals surface area contributed by atoms with Crippen molar-refractivity contribution in [1.82, 2.24) is 10.2 Å². The lowest BCUT2D eigenvalue weighted by Crippen LogP contribution is -2.34. The van der Waals surface area contributed by atoms with Crippen LogP contribution in [0.1, 0.15) is 30.1 Å². The van der Waals surface area contributed by atoms with Gasteiger partial charge in [-0.25, -0.2) is 0 Å². The highest BCUT2D eigenvalue weighted by atomic mass is 35.5. The third-order valence-electron chi connectivity index (χ3n) is 3.57. The van der Waals surface area contributed by atoms with Gasteiger partial charge in [-0.05, 0) is 50.0 Å². The van der Waals surface area contributed by atoms with Crippen LogP contribution in [0.4, 0.5) is 0 Å². The number of nitrogens with one attached hydrogen (secondary N) is 1. The number of nitrogens with zero attached hydrogens (tertiary/aromatic N) is 1. The molecule has 1 aliphatic heterocycles. The summed E-state index contributed by atoms with van der Waals surface area (Å²) < 4.78 is 0. The first-order valence-electron chi connectivity index (χ1n) is 7.05. The minimum Gasteiger partial charge on any atom is -0.508 e. The normalized spacial score (nSPS) is 17.1. The largest absolute Gasteiger partial charge is 0.508 e. The maximum atomic E-state index is 12.0. The molecule has 0 spiro atoms. The molecule has 0 saturated carbocycles. The SMILES string of the molecule is CC(CNC(=O)c1cc(O)ccc1Cl)CN1CCCC1. The predicted molar refractivity (Wildman–Crippen MR) is 80.3 cm³/mol. The van der Waals surface area contributed by atoms with Crippen LogP contribution in [0.2, 0.25) is 5.02 Å². The van der Waals surface area contributed by atoms with Crippen molar-refractivity contribution in [2.45, 2.75) is 19.8 Å². The second-order valence-electron chi connectivity index (χ2n) is 5.49. The quantitative estimate of drug-likeness (QED) is 0.878. The minimum atomic E-state index is -0.237. The number of likely N-dealkylation sites (tertiary alicyclic amines) is 1. The summed E-state index contributed by atoms with van der Waals surface area (Å²) in [6, 6.07) is 4.39. The predicted octanol–water partition coefficient (Wildman–Crippen LogP) is 2.51. The van der Waals surface area contributed by atoms with Gasteiger partial charge in [0.2, 0.25) is 0 Å². The van der Waals surface area contributed by atoms with Crippen LogP contribution in [0.25, 0.3) is 0 Å². The molecule has 1 atom stereocenters. The molecule has 0 aliphatic carbocycles. The van der Waals surface area contributed by atoms with Crippen molar-refractivity contribution in [3.63, 3.8) is 0 Å². The second-order valence-corrected chi connectivity index (χ2v) is 5.89. The summed E-state index contributed by atoms with van der Waals surface area (Å²) in [4.78, 5) is 14.5. The Morgan fingerprint density at radius 1 is 1.45 bits per heavy atom. The zero-order valence-corrected chi connectivity index (χ0v) is 12.5. The fourth-order valence-electron chi connectivity index (χ4n) is 2.52. The summed E-state index contributed by atoms with van der Waals surface area (Å²) in [6.45, 7) is 6.07. The van der Waals surface area contributed by atoms with E-state index in [0.29, 0.717) is 23.0 Å². The van der Waals surface area contributed by atoms with Crippen molar-refractivity contribution in [2.24, 2.45) is 5.92 Å². The number of benzene rings is 1. The lowest BCUT2D eigenvalue weighted by atomic mass is 10.1. The average molecular weight is 297 g/mol. The molecule has 1 aromatic rings. The molecule has 1 fully saturated rings. The van der Waals surface area contributed by atoms with Gasteiger partial charge in [-0.2, -0.15) is 0 Å². The summed E-state index contributed by atoms with van der Waals surface area (Å²) >= 11 is 5.96. The fourth-order valence-corrected chi connectivity index (χ4v) is 2.72. The summed E-state index contributed by atoms with van der Waals surface area (Å²) in [5.74, 6) is 0.206. The Hall–Kier alpha value is -1.26. The number of hydrogen-bond donors (Lipinski definition) is 2. The van der Waals surface area contributed by atoms with E-state index in [1.807, 2.05) is 0 Å². The van der Waals surface area contributed by atoms with Gasteiger partial charge in [-0.1, -0.05) is 18.5 Å². The Labute approximate surface area is 124 Å². The van der Waals surface area contributed by atoms with E-state index in [9.17, 15) is 9.90 Å². The highest BCUT2D eigenvalue weighted by Crippen LogP contribution is 2.21.